The molecule has 0 saturated carbocycles. The van der Waals surface area contributed by atoms with Crippen LogP contribution in [0.5, 0.6) is 5.75 Å². The number of rotatable bonds is 5. The molecule has 132 valence electrons. The van der Waals surface area contributed by atoms with E-state index in [-0.39, 0.29) is 18.1 Å². The van der Waals surface area contributed by atoms with Gasteiger partial charge in [0.15, 0.2) is 0 Å². The Kier molecular flexibility index (Phi) is 4.70. The van der Waals surface area contributed by atoms with Gasteiger partial charge < -0.3 is 19.4 Å². The number of ether oxygens (including phenoxy) is 2. The number of nitrogens with one attached hydrogen (secondary N) is 1. The van der Waals surface area contributed by atoms with E-state index in [0.29, 0.717) is 17.9 Å². The average molecular weight is 341 g/mol. The van der Waals surface area contributed by atoms with E-state index in [0.717, 1.165) is 44.7 Å². The van der Waals surface area contributed by atoms with E-state index in [1.54, 1.807) is 0 Å². The molecule has 25 heavy (non-hydrogen) atoms. The molecule has 0 unspecified atom stereocenters. The first-order valence-electron chi connectivity index (χ1n) is 8.94. The number of fused-ring (bicyclic) bond motifs is 1. The first kappa shape index (κ1) is 16.1. The van der Waals surface area contributed by atoms with Gasteiger partial charge in [0, 0.05) is 38.0 Å². The molecule has 0 aliphatic carbocycles. The molecule has 2 aliphatic heterocycles. The molecule has 1 aromatic heterocycles. The number of para-hydroxylation sites is 1. The van der Waals surface area contributed by atoms with Gasteiger partial charge in [-0.2, -0.15) is 0 Å². The first-order valence-corrected chi connectivity index (χ1v) is 8.94. The lowest BCUT2D eigenvalue weighted by Gasteiger charge is -2.25. The summed E-state index contributed by atoms with van der Waals surface area (Å²) in [5.74, 6) is 1.62. The minimum Gasteiger partial charge on any atom is -0.490 e. The third-order valence-electron chi connectivity index (χ3n) is 4.85. The maximum Gasteiger partial charge on any atom is 0.255 e. The molecule has 1 N–H and O–H groups in total. The second kappa shape index (κ2) is 7.27. The van der Waals surface area contributed by atoms with Crippen LogP contribution in [0.1, 0.15) is 35.4 Å². The van der Waals surface area contributed by atoms with E-state index < -0.39 is 0 Å². The Hall–Kier alpha value is -2.34. The zero-order chi connectivity index (χ0) is 17.1. The van der Waals surface area contributed by atoms with Crippen LogP contribution in [0.4, 0.5) is 0 Å². The maximum atomic E-state index is 12.7. The Morgan fingerprint density at radius 1 is 1.36 bits per heavy atom. The van der Waals surface area contributed by atoms with Gasteiger partial charge in [0.05, 0.1) is 11.7 Å². The summed E-state index contributed by atoms with van der Waals surface area (Å²) < 4.78 is 13.6. The van der Waals surface area contributed by atoms with Crippen LogP contribution in [-0.4, -0.2) is 40.8 Å². The molecule has 2 atom stereocenters. The molecule has 2 aromatic rings. The quantitative estimate of drug-likeness (QED) is 0.905. The lowest BCUT2D eigenvalue weighted by molar-refractivity contribution is 0.0669. The molecule has 2 aliphatic rings. The van der Waals surface area contributed by atoms with Gasteiger partial charge in [-0.3, -0.25) is 4.79 Å². The van der Waals surface area contributed by atoms with Crippen molar-refractivity contribution in [2.24, 2.45) is 0 Å². The van der Waals surface area contributed by atoms with Gasteiger partial charge in [-0.1, -0.05) is 12.1 Å². The highest BCUT2D eigenvalue weighted by molar-refractivity contribution is 5.97. The topological polar surface area (TPSA) is 65.4 Å². The highest BCUT2D eigenvalue weighted by Gasteiger charge is 2.23. The van der Waals surface area contributed by atoms with Gasteiger partial charge in [-0.15, -0.1) is 0 Å². The summed E-state index contributed by atoms with van der Waals surface area (Å²) in [7, 11) is 0. The predicted octanol–water partition coefficient (Wildman–Crippen LogP) is 2.19. The molecular weight excluding hydrogens is 318 g/mol. The summed E-state index contributed by atoms with van der Waals surface area (Å²) in [5, 5.41) is 3.14. The van der Waals surface area contributed by atoms with Crippen molar-refractivity contribution >= 4 is 5.91 Å². The van der Waals surface area contributed by atoms with Crippen LogP contribution in [0.3, 0.4) is 0 Å². The maximum absolute atomic E-state index is 12.7. The molecular formula is C19H23N3O3. The number of benzene rings is 1. The molecule has 0 radical (unpaired) electrons. The van der Waals surface area contributed by atoms with Crippen molar-refractivity contribution in [3.05, 3.63) is 48.0 Å². The minimum absolute atomic E-state index is 0.0866. The molecule has 3 heterocycles. The SMILES string of the molecule is O=C(N[C@H]1CCc2nccn2C1)c1ccccc1OC[C@@H]1CCCO1. The van der Waals surface area contributed by atoms with Crippen molar-refractivity contribution < 1.29 is 14.3 Å². The fourth-order valence-electron chi connectivity index (χ4n) is 3.49. The monoisotopic (exact) mass is 341 g/mol. The van der Waals surface area contributed by atoms with Gasteiger partial charge in [-0.05, 0) is 31.4 Å². The van der Waals surface area contributed by atoms with Crippen LogP contribution in [0.2, 0.25) is 0 Å². The summed E-state index contributed by atoms with van der Waals surface area (Å²) in [4.78, 5) is 17.1. The van der Waals surface area contributed by atoms with Crippen molar-refractivity contribution in [3.8, 4) is 5.75 Å². The molecule has 1 amide bonds. The van der Waals surface area contributed by atoms with Crippen molar-refractivity contribution in [2.45, 2.75) is 44.4 Å². The number of amides is 1. The Morgan fingerprint density at radius 2 is 2.28 bits per heavy atom. The highest BCUT2D eigenvalue weighted by Crippen LogP contribution is 2.21. The second-order valence-electron chi connectivity index (χ2n) is 6.65. The summed E-state index contributed by atoms with van der Waals surface area (Å²) >= 11 is 0. The Labute approximate surface area is 147 Å². The normalized spacial score (nSPS) is 22.4. The number of aromatic nitrogens is 2. The van der Waals surface area contributed by atoms with Crippen LogP contribution in [-0.2, 0) is 17.7 Å². The van der Waals surface area contributed by atoms with Crippen LogP contribution >= 0.6 is 0 Å². The zero-order valence-corrected chi connectivity index (χ0v) is 14.2. The standard InChI is InChI=1S/C19H23N3O3/c23-19(21-14-7-8-18-20-9-10-22(18)12-14)16-5-1-2-6-17(16)25-13-15-4-3-11-24-15/h1-2,5-6,9-10,14-15H,3-4,7-8,11-13H2,(H,21,23)/t14-,15-/m0/s1. The summed E-state index contributed by atoms with van der Waals surface area (Å²) in [6.07, 6.45) is 7.79. The fourth-order valence-corrected chi connectivity index (χ4v) is 3.49. The number of carbonyl (C=O) groups excluding carboxylic acids is 1. The molecule has 6 nitrogen and oxygen atoms in total. The average Bonchev–Trinajstić information content (AvgIpc) is 3.31. The molecule has 6 heteroatoms. The third kappa shape index (κ3) is 3.69. The summed E-state index contributed by atoms with van der Waals surface area (Å²) in [6.45, 7) is 2.06. The van der Waals surface area contributed by atoms with Gasteiger partial charge in [-0.25, -0.2) is 4.98 Å². The number of aryl methyl sites for hydroxylation is 1. The van der Waals surface area contributed by atoms with Crippen molar-refractivity contribution in [3.63, 3.8) is 0 Å². The van der Waals surface area contributed by atoms with Crippen molar-refractivity contribution in [1.82, 2.24) is 14.9 Å². The van der Waals surface area contributed by atoms with Crippen LogP contribution < -0.4 is 10.1 Å². The summed E-state index contributed by atoms with van der Waals surface area (Å²) in [6, 6.07) is 7.52. The molecule has 0 spiro atoms. The summed E-state index contributed by atoms with van der Waals surface area (Å²) in [5.41, 5.74) is 0.580. The lowest BCUT2D eigenvalue weighted by atomic mass is 10.1. The molecule has 1 aromatic carbocycles. The highest BCUT2D eigenvalue weighted by atomic mass is 16.5. The predicted molar refractivity (Wildman–Crippen MR) is 92.7 cm³/mol. The van der Waals surface area contributed by atoms with Gasteiger partial charge >= 0.3 is 0 Å². The second-order valence-corrected chi connectivity index (χ2v) is 6.65. The number of nitrogens with zero attached hydrogens (tertiary/aromatic N) is 2. The van der Waals surface area contributed by atoms with E-state index in [9.17, 15) is 4.79 Å². The van der Waals surface area contributed by atoms with E-state index in [4.69, 9.17) is 9.47 Å². The van der Waals surface area contributed by atoms with Crippen LogP contribution in [0, 0.1) is 0 Å². The number of imidazole rings is 1. The Balaban J connectivity index is 1.40. The van der Waals surface area contributed by atoms with Gasteiger partial charge in [0.25, 0.3) is 5.91 Å². The van der Waals surface area contributed by atoms with Crippen molar-refractivity contribution in [2.75, 3.05) is 13.2 Å². The lowest BCUT2D eigenvalue weighted by Crippen LogP contribution is -2.41. The molecule has 4 rings (SSSR count). The van der Waals surface area contributed by atoms with Crippen LogP contribution in [0.15, 0.2) is 36.7 Å². The molecule has 1 saturated heterocycles. The largest absolute Gasteiger partial charge is 0.490 e. The van der Waals surface area contributed by atoms with Crippen LogP contribution in [0.25, 0.3) is 0 Å². The van der Waals surface area contributed by atoms with Gasteiger partial charge in [0.2, 0.25) is 0 Å². The number of hydrogen-bond acceptors (Lipinski definition) is 4. The number of hydrogen-bond donors (Lipinski definition) is 1. The molecule has 1 fully saturated rings. The van der Waals surface area contributed by atoms with Crippen molar-refractivity contribution in [1.29, 1.82) is 0 Å². The first-order chi connectivity index (χ1) is 12.3. The molecule has 0 bridgehead atoms. The minimum atomic E-state index is -0.0866. The fraction of sp³-hybridized carbons (Fsp3) is 0.474. The number of carbonyl (C=O) groups is 1. The zero-order valence-electron chi connectivity index (χ0n) is 14.2. The van der Waals surface area contributed by atoms with Gasteiger partial charge in [0.1, 0.15) is 18.2 Å². The van der Waals surface area contributed by atoms with E-state index in [1.807, 2.05) is 36.7 Å². The van der Waals surface area contributed by atoms with E-state index in [1.165, 1.54) is 0 Å². The third-order valence-corrected chi connectivity index (χ3v) is 4.85. The van der Waals surface area contributed by atoms with E-state index in [2.05, 4.69) is 14.9 Å². The smallest absolute Gasteiger partial charge is 0.255 e. The van der Waals surface area contributed by atoms with E-state index >= 15 is 0 Å². The Morgan fingerprint density at radius 3 is 3.16 bits per heavy atom. The Bertz CT molecular complexity index is 737.